The molecule has 0 bridgehead atoms. The Labute approximate surface area is 254 Å². The SMILES string of the molecule is [C-]#[N+]c1cc(-c2ccc3c(c2)sc2ccccc23)cc2c1sc1c(-n3c4ccccc4c4ccc(C#N)cc43)cccc12. The van der Waals surface area contributed by atoms with E-state index in [9.17, 15) is 5.26 Å². The van der Waals surface area contributed by atoms with E-state index in [1.54, 1.807) is 11.3 Å². The molecule has 0 amide bonds. The molecule has 3 nitrogen and oxygen atoms in total. The number of hydrogen-bond acceptors (Lipinski definition) is 3. The smallest absolute Gasteiger partial charge is 0.205 e. The van der Waals surface area contributed by atoms with Gasteiger partial charge < -0.3 is 4.57 Å². The minimum atomic E-state index is 0.635. The molecule has 0 aliphatic rings. The van der Waals surface area contributed by atoms with Gasteiger partial charge in [-0.3, -0.25) is 0 Å². The third kappa shape index (κ3) is 3.44. The van der Waals surface area contributed by atoms with E-state index in [0.29, 0.717) is 11.3 Å². The highest BCUT2D eigenvalue weighted by Crippen LogP contribution is 2.46. The molecule has 9 aromatic rings. The molecule has 0 fully saturated rings. The van der Waals surface area contributed by atoms with Crippen LogP contribution in [-0.4, -0.2) is 4.57 Å². The number of thiophene rings is 2. The van der Waals surface area contributed by atoms with E-state index in [0.717, 1.165) is 58.8 Å². The Bertz CT molecular complexity index is 2710. The number of benzene rings is 6. The molecule has 3 aromatic heterocycles. The van der Waals surface area contributed by atoms with Crippen LogP contribution in [0, 0.1) is 17.9 Å². The molecular formula is C38H19N3S2. The molecule has 0 radical (unpaired) electrons. The molecule has 5 heteroatoms. The van der Waals surface area contributed by atoms with Gasteiger partial charge in [-0.25, -0.2) is 4.85 Å². The third-order valence-corrected chi connectivity index (χ3v) is 10.8. The van der Waals surface area contributed by atoms with Gasteiger partial charge in [0.1, 0.15) is 0 Å². The summed E-state index contributed by atoms with van der Waals surface area (Å²) in [6.45, 7) is 8.11. The number of nitrogens with zero attached hydrogens (tertiary/aromatic N) is 3. The monoisotopic (exact) mass is 581 g/mol. The summed E-state index contributed by atoms with van der Waals surface area (Å²) in [6, 6.07) is 42.5. The van der Waals surface area contributed by atoms with Gasteiger partial charge in [0, 0.05) is 41.0 Å². The van der Waals surface area contributed by atoms with E-state index in [-0.39, 0.29) is 0 Å². The number of nitriles is 1. The Morgan fingerprint density at radius 2 is 1.35 bits per heavy atom. The van der Waals surface area contributed by atoms with Crippen molar-refractivity contribution in [3.05, 3.63) is 132 Å². The van der Waals surface area contributed by atoms with Crippen LogP contribution in [0.1, 0.15) is 5.56 Å². The minimum Gasteiger partial charge on any atom is -0.308 e. The van der Waals surface area contributed by atoms with Crippen LogP contribution in [0.5, 0.6) is 0 Å². The number of para-hydroxylation sites is 1. The average molecular weight is 582 g/mol. The Hall–Kier alpha value is -5.46. The lowest BCUT2D eigenvalue weighted by atomic mass is 10.0. The molecule has 0 saturated carbocycles. The lowest BCUT2D eigenvalue weighted by Crippen LogP contribution is -1.94. The Balaban J connectivity index is 1.31. The minimum absolute atomic E-state index is 0.635. The van der Waals surface area contributed by atoms with E-state index in [4.69, 9.17) is 6.57 Å². The van der Waals surface area contributed by atoms with E-state index >= 15 is 0 Å². The first-order chi connectivity index (χ1) is 21.2. The number of rotatable bonds is 2. The molecule has 198 valence electrons. The van der Waals surface area contributed by atoms with Crippen molar-refractivity contribution in [2.45, 2.75) is 0 Å². The quantitative estimate of drug-likeness (QED) is 0.187. The predicted molar refractivity (Wildman–Crippen MR) is 183 cm³/mol. The maximum atomic E-state index is 9.69. The topological polar surface area (TPSA) is 33.1 Å². The number of hydrogen-bond donors (Lipinski definition) is 0. The van der Waals surface area contributed by atoms with Crippen molar-refractivity contribution in [2.24, 2.45) is 0 Å². The summed E-state index contributed by atoms with van der Waals surface area (Å²) in [6.07, 6.45) is 0. The Morgan fingerprint density at radius 3 is 2.23 bits per heavy atom. The van der Waals surface area contributed by atoms with Crippen LogP contribution in [0.2, 0.25) is 0 Å². The third-order valence-electron chi connectivity index (χ3n) is 8.43. The molecule has 43 heavy (non-hydrogen) atoms. The summed E-state index contributed by atoms with van der Waals surface area (Å²) in [4.78, 5) is 4.01. The Kier molecular flexibility index (Phi) is 5.07. The summed E-state index contributed by atoms with van der Waals surface area (Å²) >= 11 is 3.49. The van der Waals surface area contributed by atoms with Gasteiger partial charge in [-0.1, -0.05) is 66.7 Å². The second-order valence-electron chi connectivity index (χ2n) is 10.7. The average Bonchev–Trinajstić information content (AvgIpc) is 3.73. The summed E-state index contributed by atoms with van der Waals surface area (Å²) < 4.78 is 6.95. The lowest BCUT2D eigenvalue weighted by molar-refractivity contribution is 1.20. The van der Waals surface area contributed by atoms with Crippen molar-refractivity contribution in [1.29, 1.82) is 5.26 Å². The highest BCUT2D eigenvalue weighted by atomic mass is 32.1. The fourth-order valence-corrected chi connectivity index (χ4v) is 8.89. The summed E-state index contributed by atoms with van der Waals surface area (Å²) in [5.41, 5.74) is 6.64. The molecule has 0 aliphatic carbocycles. The van der Waals surface area contributed by atoms with Crippen molar-refractivity contribution in [2.75, 3.05) is 0 Å². The van der Waals surface area contributed by atoms with Crippen molar-refractivity contribution in [1.82, 2.24) is 4.57 Å². The van der Waals surface area contributed by atoms with Gasteiger partial charge in [-0.2, -0.15) is 5.26 Å². The first-order valence-corrected chi connectivity index (χ1v) is 15.6. The van der Waals surface area contributed by atoms with Crippen LogP contribution in [0.25, 0.3) is 83.8 Å². The first-order valence-electron chi connectivity index (χ1n) is 13.9. The van der Waals surface area contributed by atoms with Gasteiger partial charge in [0.2, 0.25) is 5.69 Å². The van der Waals surface area contributed by atoms with Crippen LogP contribution in [0.3, 0.4) is 0 Å². The van der Waals surface area contributed by atoms with Gasteiger partial charge in [0.05, 0.1) is 39.6 Å². The van der Waals surface area contributed by atoms with Gasteiger partial charge >= 0.3 is 0 Å². The van der Waals surface area contributed by atoms with Crippen molar-refractivity contribution < 1.29 is 0 Å². The van der Waals surface area contributed by atoms with Gasteiger partial charge in [0.25, 0.3) is 0 Å². The van der Waals surface area contributed by atoms with Crippen LogP contribution >= 0.6 is 22.7 Å². The maximum Gasteiger partial charge on any atom is 0.205 e. The molecule has 0 N–H and O–H groups in total. The van der Waals surface area contributed by atoms with Crippen LogP contribution in [0.4, 0.5) is 5.69 Å². The fourth-order valence-electron chi connectivity index (χ4n) is 6.50. The van der Waals surface area contributed by atoms with Gasteiger partial charge in [-0.05, 0) is 65.0 Å². The number of fused-ring (bicyclic) bond motifs is 9. The highest BCUT2D eigenvalue weighted by molar-refractivity contribution is 7.27. The summed E-state index contributed by atoms with van der Waals surface area (Å²) in [5.74, 6) is 0. The van der Waals surface area contributed by atoms with Gasteiger partial charge in [-0.15, -0.1) is 22.7 Å². The van der Waals surface area contributed by atoms with Crippen molar-refractivity contribution >= 4 is 90.5 Å². The van der Waals surface area contributed by atoms with E-state index < -0.39 is 0 Å². The largest absolute Gasteiger partial charge is 0.308 e. The van der Waals surface area contributed by atoms with Gasteiger partial charge in [0.15, 0.2) is 0 Å². The molecule has 6 aromatic carbocycles. The second kappa shape index (κ2) is 9.02. The highest BCUT2D eigenvalue weighted by Gasteiger charge is 2.19. The zero-order valence-electron chi connectivity index (χ0n) is 22.6. The molecular weight excluding hydrogens is 563 g/mol. The number of aromatic nitrogens is 1. The second-order valence-corrected chi connectivity index (χ2v) is 12.8. The molecule has 9 rings (SSSR count). The van der Waals surface area contributed by atoms with E-state index in [1.165, 1.54) is 20.2 Å². The van der Waals surface area contributed by atoms with Crippen molar-refractivity contribution in [3.8, 4) is 22.9 Å². The Morgan fingerprint density at radius 1 is 0.581 bits per heavy atom. The zero-order valence-corrected chi connectivity index (χ0v) is 24.3. The maximum absolute atomic E-state index is 9.69. The van der Waals surface area contributed by atoms with Crippen molar-refractivity contribution in [3.63, 3.8) is 0 Å². The van der Waals surface area contributed by atoms with Crippen LogP contribution in [-0.2, 0) is 0 Å². The zero-order chi connectivity index (χ0) is 28.7. The fraction of sp³-hybridized carbons (Fsp3) is 0. The van der Waals surface area contributed by atoms with Crippen LogP contribution < -0.4 is 0 Å². The molecule has 0 saturated heterocycles. The molecule has 0 spiro atoms. The molecule has 3 heterocycles. The van der Waals surface area contributed by atoms with E-state index in [2.05, 4.69) is 113 Å². The first kappa shape index (κ1) is 24.2. The van der Waals surface area contributed by atoms with E-state index in [1.807, 2.05) is 29.5 Å². The summed E-state index contributed by atoms with van der Waals surface area (Å²) in [5, 5.41) is 16.7. The predicted octanol–water partition coefficient (Wildman–Crippen LogP) is 11.6. The molecule has 0 atom stereocenters. The standard InChI is InChI=1S/C38H19N3S2/c1-40-31-19-24(23-14-16-28-27-8-3-5-12-35(27)42-36(28)20-23)18-30-29-9-6-11-33(38(29)43-37(30)31)41-32-10-4-2-7-25(32)26-15-13-22(21-39)17-34(26)41/h2-20H. The summed E-state index contributed by atoms with van der Waals surface area (Å²) in [7, 11) is 0. The molecule has 0 aliphatic heterocycles. The van der Waals surface area contributed by atoms with Crippen LogP contribution in [0.15, 0.2) is 115 Å². The lowest BCUT2D eigenvalue weighted by Gasteiger charge is -2.09. The normalized spacial score (nSPS) is 11.7. The molecule has 0 unspecified atom stereocenters.